The van der Waals surface area contributed by atoms with Gasteiger partial charge in [-0.05, 0) is 34.1 Å². The second kappa shape index (κ2) is 6.65. The predicted molar refractivity (Wildman–Crippen MR) is 77.7 cm³/mol. The van der Waals surface area contributed by atoms with E-state index in [-0.39, 0.29) is 11.9 Å². The molecule has 2 rings (SSSR count). The number of nitrogens with one attached hydrogen (secondary N) is 2. The van der Waals surface area contributed by atoms with Crippen molar-refractivity contribution in [3.63, 3.8) is 0 Å². The van der Waals surface area contributed by atoms with Crippen LogP contribution in [0.15, 0.2) is 27.1 Å². The Labute approximate surface area is 123 Å². The van der Waals surface area contributed by atoms with Crippen LogP contribution in [0.2, 0.25) is 0 Å². The summed E-state index contributed by atoms with van der Waals surface area (Å²) in [4.78, 5) is 11.9. The van der Waals surface area contributed by atoms with Gasteiger partial charge < -0.3 is 15.4 Å². The van der Waals surface area contributed by atoms with Crippen molar-refractivity contribution < 1.29 is 9.53 Å². The standard InChI is InChI=1S/C12H14Br2N2O2/c13-8-1-2-10(14)11(5-8)16-12(17)6-9-7-18-4-3-15-9/h1-2,5,9,15H,3-4,6-7H2,(H,16,17). The fourth-order valence-electron chi connectivity index (χ4n) is 1.77. The molecule has 1 aliphatic rings. The van der Waals surface area contributed by atoms with Crippen LogP contribution in [-0.4, -0.2) is 31.7 Å². The van der Waals surface area contributed by atoms with E-state index in [1.807, 2.05) is 18.2 Å². The minimum absolute atomic E-state index is 0.0169. The predicted octanol–water partition coefficient (Wildman–Crippen LogP) is 2.53. The van der Waals surface area contributed by atoms with E-state index in [2.05, 4.69) is 42.5 Å². The summed E-state index contributed by atoms with van der Waals surface area (Å²) in [5.74, 6) is -0.0169. The van der Waals surface area contributed by atoms with Crippen LogP contribution in [0.3, 0.4) is 0 Å². The van der Waals surface area contributed by atoms with Gasteiger partial charge in [0.25, 0.3) is 0 Å². The van der Waals surface area contributed by atoms with Gasteiger partial charge in [-0.1, -0.05) is 15.9 Å². The molecule has 1 fully saturated rings. The first-order valence-corrected chi connectivity index (χ1v) is 7.30. The number of hydrogen-bond donors (Lipinski definition) is 2. The lowest BCUT2D eigenvalue weighted by Gasteiger charge is -2.23. The van der Waals surface area contributed by atoms with Gasteiger partial charge in [0, 0.05) is 28.0 Å². The molecule has 1 aromatic carbocycles. The third kappa shape index (κ3) is 4.05. The lowest BCUT2D eigenvalue weighted by Crippen LogP contribution is -2.43. The lowest BCUT2D eigenvalue weighted by atomic mass is 10.2. The van der Waals surface area contributed by atoms with Crippen LogP contribution >= 0.6 is 31.9 Å². The minimum Gasteiger partial charge on any atom is -0.378 e. The van der Waals surface area contributed by atoms with Gasteiger partial charge in [-0.25, -0.2) is 0 Å². The fraction of sp³-hybridized carbons (Fsp3) is 0.417. The molecule has 2 N–H and O–H groups in total. The SMILES string of the molecule is O=C(CC1COCCN1)Nc1cc(Br)ccc1Br. The van der Waals surface area contributed by atoms with Crippen molar-refractivity contribution in [3.8, 4) is 0 Å². The summed E-state index contributed by atoms with van der Waals surface area (Å²) in [5.41, 5.74) is 0.770. The highest BCUT2D eigenvalue weighted by molar-refractivity contribution is 9.11. The number of ether oxygens (including phenoxy) is 1. The summed E-state index contributed by atoms with van der Waals surface area (Å²) in [6, 6.07) is 5.77. The molecular weight excluding hydrogens is 364 g/mol. The number of anilines is 1. The Hall–Kier alpha value is -0.430. The Balaban J connectivity index is 1.92. The Bertz CT molecular complexity index is 434. The van der Waals surface area contributed by atoms with Crippen molar-refractivity contribution in [3.05, 3.63) is 27.1 Å². The third-order valence-corrected chi connectivity index (χ3v) is 3.82. The molecule has 1 aromatic rings. The topological polar surface area (TPSA) is 50.4 Å². The molecule has 18 heavy (non-hydrogen) atoms. The number of hydrogen-bond acceptors (Lipinski definition) is 3. The van der Waals surface area contributed by atoms with E-state index in [4.69, 9.17) is 4.74 Å². The van der Waals surface area contributed by atoms with E-state index in [1.165, 1.54) is 0 Å². The van der Waals surface area contributed by atoms with Crippen molar-refractivity contribution in [2.75, 3.05) is 25.1 Å². The maximum atomic E-state index is 11.9. The molecule has 0 radical (unpaired) electrons. The van der Waals surface area contributed by atoms with Crippen LogP contribution in [-0.2, 0) is 9.53 Å². The number of halogens is 2. The largest absolute Gasteiger partial charge is 0.378 e. The van der Waals surface area contributed by atoms with Crippen molar-refractivity contribution in [1.82, 2.24) is 5.32 Å². The number of amides is 1. The van der Waals surface area contributed by atoms with Crippen molar-refractivity contribution in [1.29, 1.82) is 0 Å². The zero-order chi connectivity index (χ0) is 13.0. The van der Waals surface area contributed by atoms with Gasteiger partial charge in [-0.2, -0.15) is 0 Å². The molecule has 1 unspecified atom stereocenters. The zero-order valence-corrected chi connectivity index (χ0v) is 12.9. The van der Waals surface area contributed by atoms with Crippen LogP contribution in [0.5, 0.6) is 0 Å². The number of carbonyl (C=O) groups excluding carboxylic acids is 1. The molecule has 1 amide bonds. The van der Waals surface area contributed by atoms with Crippen molar-refractivity contribution >= 4 is 43.5 Å². The first-order valence-electron chi connectivity index (χ1n) is 5.71. The smallest absolute Gasteiger partial charge is 0.226 e. The quantitative estimate of drug-likeness (QED) is 0.850. The molecular formula is C12H14Br2N2O2. The van der Waals surface area contributed by atoms with Crippen LogP contribution in [0, 0.1) is 0 Å². The Morgan fingerprint density at radius 1 is 1.50 bits per heavy atom. The highest BCUT2D eigenvalue weighted by Gasteiger charge is 2.17. The second-order valence-corrected chi connectivity index (χ2v) is 5.87. The molecule has 0 aliphatic carbocycles. The molecule has 4 nitrogen and oxygen atoms in total. The minimum atomic E-state index is -0.0169. The molecule has 1 aliphatic heterocycles. The van der Waals surface area contributed by atoms with Gasteiger partial charge in [-0.3, -0.25) is 4.79 Å². The van der Waals surface area contributed by atoms with Gasteiger partial charge in [0.15, 0.2) is 0 Å². The zero-order valence-electron chi connectivity index (χ0n) is 9.71. The van der Waals surface area contributed by atoms with Crippen LogP contribution in [0.1, 0.15) is 6.42 Å². The van der Waals surface area contributed by atoms with E-state index >= 15 is 0 Å². The average Bonchev–Trinajstić information content (AvgIpc) is 2.35. The summed E-state index contributed by atoms with van der Waals surface area (Å²) in [6.45, 7) is 2.11. The van der Waals surface area contributed by atoms with E-state index < -0.39 is 0 Å². The first-order chi connectivity index (χ1) is 8.65. The monoisotopic (exact) mass is 376 g/mol. The summed E-state index contributed by atoms with van der Waals surface area (Å²) in [5, 5.41) is 6.14. The highest BCUT2D eigenvalue weighted by atomic mass is 79.9. The molecule has 0 spiro atoms. The van der Waals surface area contributed by atoms with E-state index in [1.54, 1.807) is 0 Å². The summed E-state index contributed by atoms with van der Waals surface area (Å²) < 4.78 is 7.11. The summed E-state index contributed by atoms with van der Waals surface area (Å²) >= 11 is 6.79. The third-order valence-electron chi connectivity index (χ3n) is 2.63. The number of morpholine rings is 1. The molecule has 1 saturated heterocycles. The highest BCUT2D eigenvalue weighted by Crippen LogP contribution is 2.26. The van der Waals surface area contributed by atoms with Crippen LogP contribution < -0.4 is 10.6 Å². The fourth-order valence-corrected chi connectivity index (χ4v) is 2.48. The number of rotatable bonds is 3. The van der Waals surface area contributed by atoms with Crippen molar-refractivity contribution in [2.45, 2.75) is 12.5 Å². The van der Waals surface area contributed by atoms with E-state index in [0.717, 1.165) is 27.8 Å². The molecule has 0 bridgehead atoms. The van der Waals surface area contributed by atoms with Gasteiger partial charge in [-0.15, -0.1) is 0 Å². The van der Waals surface area contributed by atoms with E-state index in [0.29, 0.717) is 13.0 Å². The number of carbonyl (C=O) groups is 1. The molecule has 1 heterocycles. The molecule has 0 saturated carbocycles. The summed E-state index contributed by atoms with van der Waals surface area (Å²) in [7, 11) is 0. The molecule has 1 atom stereocenters. The lowest BCUT2D eigenvalue weighted by molar-refractivity contribution is -0.117. The number of benzene rings is 1. The maximum Gasteiger partial charge on any atom is 0.226 e. The van der Waals surface area contributed by atoms with Gasteiger partial charge >= 0.3 is 0 Å². The Morgan fingerprint density at radius 2 is 2.33 bits per heavy atom. The van der Waals surface area contributed by atoms with E-state index in [9.17, 15) is 4.79 Å². The van der Waals surface area contributed by atoms with Gasteiger partial charge in [0.1, 0.15) is 0 Å². The van der Waals surface area contributed by atoms with Crippen LogP contribution in [0.25, 0.3) is 0 Å². The molecule has 98 valence electrons. The Kier molecular flexibility index (Phi) is 5.17. The van der Waals surface area contributed by atoms with Crippen LogP contribution in [0.4, 0.5) is 5.69 Å². The first kappa shape index (κ1) is 14.0. The van der Waals surface area contributed by atoms with Crippen molar-refractivity contribution in [2.24, 2.45) is 0 Å². The Morgan fingerprint density at radius 3 is 3.06 bits per heavy atom. The molecule has 6 heteroatoms. The maximum absolute atomic E-state index is 11.9. The normalized spacial score (nSPS) is 19.6. The second-order valence-electron chi connectivity index (χ2n) is 4.10. The average molecular weight is 378 g/mol. The molecule has 0 aromatic heterocycles. The van der Waals surface area contributed by atoms with Gasteiger partial charge in [0.05, 0.1) is 18.9 Å². The van der Waals surface area contributed by atoms with Gasteiger partial charge in [0.2, 0.25) is 5.91 Å². The summed E-state index contributed by atoms with van der Waals surface area (Å²) in [6.07, 6.45) is 0.416.